The molecule has 0 aliphatic heterocycles. The average Bonchev–Trinajstić information content (AvgIpc) is 2.53. The Morgan fingerprint density at radius 3 is 2.30 bits per heavy atom. The second kappa shape index (κ2) is 7.65. The molecule has 2 rings (SSSR count). The Hall–Kier alpha value is -2.53. The molecule has 5 heteroatoms. The molecule has 2 aromatic rings. The highest BCUT2D eigenvalue weighted by Crippen LogP contribution is 2.12. The number of hydrogen-bond donors (Lipinski definition) is 1. The Morgan fingerprint density at radius 1 is 0.957 bits per heavy atom. The van der Waals surface area contributed by atoms with E-state index in [0.29, 0.717) is 16.8 Å². The minimum absolute atomic E-state index is 0.0814. The lowest BCUT2D eigenvalue weighted by Crippen LogP contribution is -2.09. The van der Waals surface area contributed by atoms with Gasteiger partial charge in [0.15, 0.2) is 11.6 Å². The fourth-order valence-electron chi connectivity index (χ4n) is 1.86. The van der Waals surface area contributed by atoms with Crippen molar-refractivity contribution in [2.45, 2.75) is 6.92 Å². The zero-order chi connectivity index (χ0) is 16.8. The summed E-state index contributed by atoms with van der Waals surface area (Å²) < 4.78 is 0.876. The lowest BCUT2D eigenvalue weighted by molar-refractivity contribution is -0.111. The minimum Gasteiger partial charge on any atom is -0.322 e. The zero-order valence-electron chi connectivity index (χ0n) is 12.4. The predicted octanol–water partition coefficient (Wildman–Crippen LogP) is 4.03. The number of amides is 1. The summed E-state index contributed by atoms with van der Waals surface area (Å²) in [6.07, 6.45) is 2.39. The van der Waals surface area contributed by atoms with Crippen molar-refractivity contribution in [1.82, 2.24) is 0 Å². The summed E-state index contributed by atoms with van der Waals surface area (Å²) in [5.74, 6) is -0.775. The number of Topliss-reactive ketones (excluding diaryl/α,β-unsaturated/α-hetero) is 1. The van der Waals surface area contributed by atoms with Crippen LogP contribution in [0.1, 0.15) is 27.6 Å². The number of nitrogens with one attached hydrogen (secondary N) is 1. The SMILES string of the molecule is CC(=O)c1cccc(NC(=O)/C=C/C(=O)c2ccc(Br)cc2)c1. The van der Waals surface area contributed by atoms with Crippen molar-refractivity contribution >= 4 is 39.1 Å². The van der Waals surface area contributed by atoms with Gasteiger partial charge >= 0.3 is 0 Å². The van der Waals surface area contributed by atoms with Crippen molar-refractivity contribution in [3.8, 4) is 0 Å². The largest absolute Gasteiger partial charge is 0.322 e. The molecule has 0 unspecified atom stereocenters. The van der Waals surface area contributed by atoms with Gasteiger partial charge in [-0.1, -0.05) is 28.1 Å². The van der Waals surface area contributed by atoms with Gasteiger partial charge in [0, 0.05) is 27.4 Å². The molecule has 0 saturated heterocycles. The van der Waals surface area contributed by atoms with Crippen molar-refractivity contribution in [1.29, 1.82) is 0 Å². The normalized spacial score (nSPS) is 10.5. The third-order valence-corrected chi connectivity index (χ3v) is 3.58. The number of allylic oxidation sites excluding steroid dienone is 1. The number of ketones is 2. The number of carbonyl (C=O) groups excluding carboxylic acids is 3. The van der Waals surface area contributed by atoms with Crippen LogP contribution in [0.25, 0.3) is 0 Å². The van der Waals surface area contributed by atoms with Gasteiger partial charge in [0.2, 0.25) is 5.91 Å². The van der Waals surface area contributed by atoms with Gasteiger partial charge in [0.05, 0.1) is 0 Å². The van der Waals surface area contributed by atoms with Crippen LogP contribution >= 0.6 is 15.9 Å². The molecule has 0 radical (unpaired) electrons. The average molecular weight is 372 g/mol. The van der Waals surface area contributed by atoms with Gasteiger partial charge in [-0.15, -0.1) is 0 Å². The summed E-state index contributed by atoms with van der Waals surface area (Å²) in [6, 6.07) is 13.5. The number of carbonyl (C=O) groups is 3. The quantitative estimate of drug-likeness (QED) is 0.637. The molecule has 4 nitrogen and oxygen atoms in total. The second-order valence-electron chi connectivity index (χ2n) is 4.83. The van der Waals surface area contributed by atoms with Crippen molar-refractivity contribution < 1.29 is 14.4 Å². The van der Waals surface area contributed by atoms with E-state index in [9.17, 15) is 14.4 Å². The first-order valence-corrected chi connectivity index (χ1v) is 7.65. The topological polar surface area (TPSA) is 63.2 Å². The Bertz CT molecular complexity index is 779. The molecule has 0 heterocycles. The third-order valence-electron chi connectivity index (χ3n) is 3.05. The molecular formula is C18H14BrNO3. The van der Waals surface area contributed by atoms with E-state index in [1.165, 1.54) is 19.1 Å². The standard InChI is InChI=1S/C18H14BrNO3/c1-12(21)14-3-2-4-16(11-14)20-18(23)10-9-17(22)13-5-7-15(19)8-6-13/h2-11H,1H3,(H,20,23)/b10-9+. The van der Waals surface area contributed by atoms with Gasteiger partial charge in [-0.05, 0) is 49.4 Å². The van der Waals surface area contributed by atoms with E-state index in [-0.39, 0.29) is 11.6 Å². The summed E-state index contributed by atoms with van der Waals surface area (Å²) in [6.45, 7) is 1.46. The van der Waals surface area contributed by atoms with Crippen LogP contribution in [0.4, 0.5) is 5.69 Å². The fraction of sp³-hybridized carbons (Fsp3) is 0.0556. The van der Waals surface area contributed by atoms with Crippen LogP contribution in [0, 0.1) is 0 Å². The van der Waals surface area contributed by atoms with Crippen LogP contribution in [0.3, 0.4) is 0 Å². The monoisotopic (exact) mass is 371 g/mol. The van der Waals surface area contributed by atoms with Crippen molar-refractivity contribution in [3.05, 3.63) is 76.3 Å². The van der Waals surface area contributed by atoms with Gasteiger partial charge in [0.1, 0.15) is 0 Å². The molecule has 0 atom stereocenters. The van der Waals surface area contributed by atoms with Crippen LogP contribution in [0.15, 0.2) is 65.2 Å². The van der Waals surface area contributed by atoms with E-state index < -0.39 is 5.91 Å². The van der Waals surface area contributed by atoms with Gasteiger partial charge in [-0.3, -0.25) is 14.4 Å². The summed E-state index contributed by atoms with van der Waals surface area (Å²) in [5.41, 5.74) is 1.51. The summed E-state index contributed by atoms with van der Waals surface area (Å²) in [4.78, 5) is 35.1. The molecule has 0 bridgehead atoms. The van der Waals surface area contributed by atoms with E-state index in [2.05, 4.69) is 21.2 Å². The number of hydrogen-bond acceptors (Lipinski definition) is 3. The third kappa shape index (κ3) is 5.00. The lowest BCUT2D eigenvalue weighted by Gasteiger charge is -2.03. The van der Waals surface area contributed by atoms with Crippen molar-refractivity contribution in [2.24, 2.45) is 0 Å². The number of rotatable bonds is 5. The Kier molecular flexibility index (Phi) is 5.60. The number of halogens is 1. The Labute approximate surface area is 142 Å². The molecular weight excluding hydrogens is 358 g/mol. The van der Waals surface area contributed by atoms with E-state index >= 15 is 0 Å². The number of anilines is 1. The fourth-order valence-corrected chi connectivity index (χ4v) is 2.13. The Balaban J connectivity index is 2.01. The van der Waals surface area contributed by atoms with E-state index in [1.807, 2.05) is 0 Å². The highest BCUT2D eigenvalue weighted by Gasteiger charge is 2.05. The van der Waals surface area contributed by atoms with Gasteiger partial charge < -0.3 is 5.32 Å². The first-order chi connectivity index (χ1) is 11.0. The van der Waals surface area contributed by atoms with Crippen LogP contribution in [-0.2, 0) is 4.79 Å². The van der Waals surface area contributed by atoms with Gasteiger partial charge in [0.25, 0.3) is 0 Å². The van der Waals surface area contributed by atoms with E-state index in [0.717, 1.165) is 4.47 Å². The molecule has 0 saturated carbocycles. The van der Waals surface area contributed by atoms with E-state index in [1.54, 1.807) is 48.5 Å². The highest BCUT2D eigenvalue weighted by molar-refractivity contribution is 9.10. The van der Waals surface area contributed by atoms with Gasteiger partial charge in [-0.2, -0.15) is 0 Å². The molecule has 23 heavy (non-hydrogen) atoms. The highest BCUT2D eigenvalue weighted by atomic mass is 79.9. The van der Waals surface area contributed by atoms with Crippen LogP contribution in [0.5, 0.6) is 0 Å². The van der Waals surface area contributed by atoms with Crippen molar-refractivity contribution in [3.63, 3.8) is 0 Å². The maximum atomic E-state index is 11.9. The molecule has 0 aliphatic carbocycles. The van der Waals surface area contributed by atoms with Crippen LogP contribution < -0.4 is 5.32 Å². The summed E-state index contributed by atoms with van der Waals surface area (Å²) >= 11 is 3.29. The maximum absolute atomic E-state index is 11.9. The molecule has 0 aliphatic rings. The molecule has 2 aromatic carbocycles. The number of benzene rings is 2. The first-order valence-electron chi connectivity index (χ1n) is 6.85. The smallest absolute Gasteiger partial charge is 0.248 e. The van der Waals surface area contributed by atoms with Gasteiger partial charge in [-0.25, -0.2) is 0 Å². The molecule has 0 aromatic heterocycles. The second-order valence-corrected chi connectivity index (χ2v) is 5.75. The molecule has 1 amide bonds. The summed E-state index contributed by atoms with van der Waals surface area (Å²) in [5, 5.41) is 2.62. The maximum Gasteiger partial charge on any atom is 0.248 e. The van der Waals surface area contributed by atoms with Crippen molar-refractivity contribution in [2.75, 3.05) is 5.32 Å². The molecule has 1 N–H and O–H groups in total. The predicted molar refractivity (Wildman–Crippen MR) is 92.7 cm³/mol. The molecule has 116 valence electrons. The molecule has 0 fully saturated rings. The lowest BCUT2D eigenvalue weighted by atomic mass is 10.1. The van der Waals surface area contributed by atoms with E-state index in [4.69, 9.17) is 0 Å². The summed E-state index contributed by atoms with van der Waals surface area (Å²) in [7, 11) is 0. The molecule has 0 spiro atoms. The zero-order valence-corrected chi connectivity index (χ0v) is 14.0. The Morgan fingerprint density at radius 2 is 1.65 bits per heavy atom. The first kappa shape index (κ1) is 16.8. The minimum atomic E-state index is -0.434. The van der Waals surface area contributed by atoms with Crippen LogP contribution in [-0.4, -0.2) is 17.5 Å². The van der Waals surface area contributed by atoms with Crippen LogP contribution in [0.2, 0.25) is 0 Å².